The SMILES string of the molecule is CCCN(CCC(=O)O)C(=O)c1occc1NC(=O)OCC1c2ccccc2-c2ccccc21. The molecular weight excluding hydrogens is 436 g/mol. The van der Waals surface area contributed by atoms with Crippen molar-refractivity contribution in [1.29, 1.82) is 0 Å². The van der Waals surface area contributed by atoms with E-state index in [0.29, 0.717) is 13.0 Å². The van der Waals surface area contributed by atoms with E-state index in [1.807, 2.05) is 43.3 Å². The van der Waals surface area contributed by atoms with Gasteiger partial charge in [-0.15, -0.1) is 0 Å². The number of rotatable bonds is 9. The van der Waals surface area contributed by atoms with Gasteiger partial charge in [-0.05, 0) is 28.7 Å². The highest BCUT2D eigenvalue weighted by atomic mass is 16.5. The first-order valence-electron chi connectivity index (χ1n) is 11.2. The van der Waals surface area contributed by atoms with Gasteiger partial charge < -0.3 is 19.2 Å². The normalized spacial score (nSPS) is 12.0. The maximum atomic E-state index is 12.9. The smallest absolute Gasteiger partial charge is 0.411 e. The number of aliphatic carboxylic acids is 1. The molecule has 0 radical (unpaired) electrons. The molecule has 1 aliphatic carbocycles. The second-order valence-electron chi connectivity index (χ2n) is 8.05. The van der Waals surface area contributed by atoms with Crippen molar-refractivity contribution in [1.82, 2.24) is 4.90 Å². The lowest BCUT2D eigenvalue weighted by Gasteiger charge is -2.20. The van der Waals surface area contributed by atoms with Crippen LogP contribution < -0.4 is 5.32 Å². The van der Waals surface area contributed by atoms with Crippen LogP contribution in [0.15, 0.2) is 65.3 Å². The Morgan fingerprint density at radius 3 is 2.26 bits per heavy atom. The topological polar surface area (TPSA) is 109 Å². The number of carboxylic acids is 1. The first kappa shape index (κ1) is 23.1. The number of amides is 2. The molecule has 0 atom stereocenters. The summed E-state index contributed by atoms with van der Waals surface area (Å²) in [6.07, 6.45) is 1.07. The summed E-state index contributed by atoms with van der Waals surface area (Å²) in [5.74, 6) is -1.63. The number of anilines is 1. The Labute approximate surface area is 197 Å². The zero-order valence-electron chi connectivity index (χ0n) is 18.8. The Balaban J connectivity index is 1.43. The number of carboxylic acid groups (broad SMARTS) is 1. The molecule has 34 heavy (non-hydrogen) atoms. The quantitative estimate of drug-likeness (QED) is 0.465. The van der Waals surface area contributed by atoms with Gasteiger partial charge in [0, 0.05) is 25.1 Å². The monoisotopic (exact) mass is 462 g/mol. The number of hydrogen-bond acceptors (Lipinski definition) is 5. The summed E-state index contributed by atoms with van der Waals surface area (Å²) < 4.78 is 10.9. The predicted molar refractivity (Wildman–Crippen MR) is 126 cm³/mol. The van der Waals surface area contributed by atoms with E-state index in [0.717, 1.165) is 22.3 Å². The summed E-state index contributed by atoms with van der Waals surface area (Å²) in [6, 6.07) is 17.6. The van der Waals surface area contributed by atoms with Crippen molar-refractivity contribution in [2.24, 2.45) is 0 Å². The Morgan fingerprint density at radius 1 is 1.00 bits per heavy atom. The van der Waals surface area contributed by atoms with Gasteiger partial charge in [0.1, 0.15) is 6.61 Å². The van der Waals surface area contributed by atoms with E-state index in [2.05, 4.69) is 17.4 Å². The van der Waals surface area contributed by atoms with Crippen molar-refractivity contribution in [3.63, 3.8) is 0 Å². The lowest BCUT2D eigenvalue weighted by molar-refractivity contribution is -0.137. The zero-order chi connectivity index (χ0) is 24.1. The van der Waals surface area contributed by atoms with Gasteiger partial charge >= 0.3 is 12.1 Å². The molecule has 4 rings (SSSR count). The fourth-order valence-electron chi connectivity index (χ4n) is 4.28. The molecule has 3 aromatic rings. The molecule has 0 bridgehead atoms. The number of carbonyl (C=O) groups excluding carboxylic acids is 2. The van der Waals surface area contributed by atoms with E-state index in [9.17, 15) is 14.4 Å². The van der Waals surface area contributed by atoms with E-state index in [1.54, 1.807) is 0 Å². The molecular formula is C26H26N2O6. The average molecular weight is 463 g/mol. The van der Waals surface area contributed by atoms with Crippen molar-refractivity contribution >= 4 is 23.7 Å². The Hall–Kier alpha value is -4.07. The van der Waals surface area contributed by atoms with Crippen LogP contribution in [-0.4, -0.2) is 47.7 Å². The van der Waals surface area contributed by atoms with Crippen LogP contribution in [0.25, 0.3) is 11.1 Å². The first-order chi connectivity index (χ1) is 16.5. The second kappa shape index (κ2) is 10.2. The van der Waals surface area contributed by atoms with Gasteiger partial charge in [0.25, 0.3) is 5.91 Å². The van der Waals surface area contributed by atoms with Gasteiger partial charge in [-0.3, -0.25) is 14.9 Å². The van der Waals surface area contributed by atoms with Gasteiger partial charge in [-0.25, -0.2) is 4.79 Å². The molecule has 176 valence electrons. The second-order valence-corrected chi connectivity index (χ2v) is 8.05. The highest BCUT2D eigenvalue weighted by Crippen LogP contribution is 2.44. The zero-order valence-corrected chi connectivity index (χ0v) is 18.8. The molecule has 0 aliphatic heterocycles. The number of ether oxygens (including phenoxy) is 1. The molecule has 8 nitrogen and oxygen atoms in total. The third-order valence-electron chi connectivity index (χ3n) is 5.82. The molecule has 0 fully saturated rings. The lowest BCUT2D eigenvalue weighted by atomic mass is 9.98. The van der Waals surface area contributed by atoms with E-state index in [4.69, 9.17) is 14.3 Å². The Bertz CT molecular complexity index is 1160. The molecule has 0 spiro atoms. The number of nitrogens with one attached hydrogen (secondary N) is 1. The number of fused-ring (bicyclic) bond motifs is 3. The third-order valence-corrected chi connectivity index (χ3v) is 5.82. The van der Waals surface area contributed by atoms with Crippen LogP contribution in [0, 0.1) is 0 Å². The Morgan fingerprint density at radius 2 is 1.65 bits per heavy atom. The molecule has 0 saturated carbocycles. The molecule has 2 aromatic carbocycles. The minimum absolute atomic E-state index is 0.0487. The average Bonchev–Trinajstić information content (AvgIpc) is 3.42. The number of carbonyl (C=O) groups is 3. The third kappa shape index (κ3) is 4.80. The van der Waals surface area contributed by atoms with E-state index in [1.165, 1.54) is 17.2 Å². The van der Waals surface area contributed by atoms with Crippen molar-refractivity contribution in [3.05, 3.63) is 77.7 Å². The van der Waals surface area contributed by atoms with Crippen molar-refractivity contribution in [2.45, 2.75) is 25.7 Å². The summed E-state index contributed by atoms with van der Waals surface area (Å²) in [5, 5.41) is 11.5. The molecule has 0 saturated heterocycles. The fourth-order valence-corrected chi connectivity index (χ4v) is 4.28. The van der Waals surface area contributed by atoms with Gasteiger partial charge in [-0.1, -0.05) is 55.5 Å². The lowest BCUT2D eigenvalue weighted by Crippen LogP contribution is -2.34. The number of nitrogens with zero attached hydrogens (tertiary/aromatic N) is 1. The molecule has 8 heteroatoms. The number of hydrogen-bond donors (Lipinski definition) is 2. The first-order valence-corrected chi connectivity index (χ1v) is 11.2. The van der Waals surface area contributed by atoms with E-state index < -0.39 is 18.0 Å². The van der Waals surface area contributed by atoms with Crippen molar-refractivity contribution in [3.8, 4) is 11.1 Å². The molecule has 0 unspecified atom stereocenters. The summed E-state index contributed by atoms with van der Waals surface area (Å²) in [7, 11) is 0. The van der Waals surface area contributed by atoms with Crippen LogP contribution in [0.4, 0.5) is 10.5 Å². The number of benzene rings is 2. The van der Waals surface area contributed by atoms with Gasteiger partial charge in [0.2, 0.25) is 5.76 Å². The summed E-state index contributed by atoms with van der Waals surface area (Å²) in [6.45, 7) is 2.45. The van der Waals surface area contributed by atoms with Gasteiger partial charge in [0.15, 0.2) is 0 Å². The number of furan rings is 1. The maximum absolute atomic E-state index is 12.9. The summed E-state index contributed by atoms with van der Waals surface area (Å²) in [4.78, 5) is 37.8. The minimum Gasteiger partial charge on any atom is -0.481 e. The fraction of sp³-hybridized carbons (Fsp3) is 0.269. The van der Waals surface area contributed by atoms with Crippen LogP contribution in [0.3, 0.4) is 0 Å². The van der Waals surface area contributed by atoms with Crippen molar-refractivity contribution < 1.29 is 28.6 Å². The molecule has 1 aliphatic rings. The van der Waals surface area contributed by atoms with Crippen LogP contribution in [0.5, 0.6) is 0 Å². The van der Waals surface area contributed by atoms with E-state index in [-0.39, 0.29) is 36.9 Å². The summed E-state index contributed by atoms with van der Waals surface area (Å²) in [5.41, 5.74) is 4.65. The maximum Gasteiger partial charge on any atom is 0.411 e. The molecule has 2 N–H and O–H groups in total. The highest BCUT2D eigenvalue weighted by molar-refractivity contribution is 6.00. The predicted octanol–water partition coefficient (Wildman–Crippen LogP) is 4.97. The van der Waals surface area contributed by atoms with Crippen LogP contribution in [-0.2, 0) is 9.53 Å². The van der Waals surface area contributed by atoms with Gasteiger partial charge in [-0.2, -0.15) is 0 Å². The summed E-state index contributed by atoms with van der Waals surface area (Å²) >= 11 is 0. The minimum atomic E-state index is -0.995. The van der Waals surface area contributed by atoms with Crippen LogP contribution in [0.1, 0.15) is 47.4 Å². The molecule has 1 aromatic heterocycles. The molecule has 2 amide bonds. The standard InChI is InChI=1S/C26H26N2O6/c1-2-13-28(14-11-23(29)30)25(31)24-22(12-15-33-24)27-26(32)34-16-21-19-9-5-3-7-17(19)18-8-4-6-10-20(18)21/h3-10,12,15,21H,2,11,13-14,16H2,1H3,(H,27,32)(H,29,30). The van der Waals surface area contributed by atoms with Crippen molar-refractivity contribution in [2.75, 3.05) is 25.0 Å². The largest absolute Gasteiger partial charge is 0.481 e. The Kier molecular flexibility index (Phi) is 6.96. The highest BCUT2D eigenvalue weighted by Gasteiger charge is 2.29. The molecule has 1 heterocycles. The van der Waals surface area contributed by atoms with Crippen LogP contribution >= 0.6 is 0 Å². The van der Waals surface area contributed by atoms with Crippen LogP contribution in [0.2, 0.25) is 0 Å². The van der Waals surface area contributed by atoms with Gasteiger partial charge in [0.05, 0.1) is 18.4 Å². The van der Waals surface area contributed by atoms with E-state index >= 15 is 0 Å².